The van der Waals surface area contributed by atoms with Crippen molar-refractivity contribution in [2.75, 3.05) is 7.11 Å². The van der Waals surface area contributed by atoms with Crippen LogP contribution in [0.3, 0.4) is 0 Å². The van der Waals surface area contributed by atoms with E-state index in [1.807, 2.05) is 0 Å². The van der Waals surface area contributed by atoms with Gasteiger partial charge in [-0.25, -0.2) is 13.2 Å². The average Bonchev–Trinajstić information content (AvgIpc) is 2.40. The van der Waals surface area contributed by atoms with Gasteiger partial charge in [0.15, 0.2) is 17.5 Å². The number of hydrogen-bond acceptors (Lipinski definition) is 3. The third-order valence-electron chi connectivity index (χ3n) is 3.04. The first-order valence-electron chi connectivity index (χ1n) is 5.87. The Balaban J connectivity index is 3.13. The lowest BCUT2D eigenvalue weighted by Crippen LogP contribution is -2.30. The van der Waals surface area contributed by atoms with Crippen molar-refractivity contribution in [1.29, 1.82) is 0 Å². The predicted octanol–water partition coefficient (Wildman–Crippen LogP) is 2.49. The lowest BCUT2D eigenvalue weighted by atomic mass is 9.87. The van der Waals surface area contributed by atoms with Crippen molar-refractivity contribution in [1.82, 2.24) is 0 Å². The van der Waals surface area contributed by atoms with Crippen molar-refractivity contribution in [2.45, 2.75) is 31.7 Å². The fraction of sp³-hybridized carbons (Fsp3) is 0.462. The predicted molar refractivity (Wildman–Crippen MR) is 64.0 cm³/mol. The van der Waals surface area contributed by atoms with Gasteiger partial charge in [0.05, 0.1) is 13.5 Å². The number of carbonyl (C=O) groups is 1. The summed E-state index contributed by atoms with van der Waals surface area (Å²) in [4.78, 5) is 11.3. The molecule has 19 heavy (non-hydrogen) atoms. The van der Waals surface area contributed by atoms with E-state index in [2.05, 4.69) is 4.74 Å². The van der Waals surface area contributed by atoms with E-state index < -0.39 is 35.4 Å². The summed E-state index contributed by atoms with van der Waals surface area (Å²) in [6, 6.07) is 1.24. The molecule has 0 bridgehead atoms. The van der Waals surface area contributed by atoms with Gasteiger partial charge in [-0.3, -0.25) is 4.79 Å². The minimum atomic E-state index is -1.54. The van der Waals surface area contributed by atoms with Crippen LogP contribution in [0.1, 0.15) is 31.2 Å². The average molecular weight is 275 g/mol. The van der Waals surface area contributed by atoms with E-state index in [9.17, 15) is 18.0 Å². The normalized spacial score (nSPS) is 14.0. The minimum Gasteiger partial charge on any atom is -0.469 e. The van der Waals surface area contributed by atoms with Crippen LogP contribution < -0.4 is 5.73 Å². The lowest BCUT2D eigenvalue weighted by molar-refractivity contribution is -0.141. The summed E-state index contributed by atoms with van der Waals surface area (Å²) >= 11 is 0. The number of carbonyl (C=O) groups excluding carboxylic acids is 1. The number of hydrogen-bond donors (Lipinski definition) is 1. The summed E-state index contributed by atoms with van der Waals surface area (Å²) in [6.07, 6.45) is 0.387. The molecule has 0 saturated heterocycles. The Kier molecular flexibility index (Phi) is 5.35. The number of nitrogens with two attached hydrogens (primary N) is 1. The molecule has 0 fully saturated rings. The molecule has 3 nitrogen and oxygen atoms in total. The standard InChI is InChI=1S/C13H16F3NO2/c1-3-11(17)8(6-12(18)19-2)7-4-9(14)13(16)10(15)5-7/h4-5,8,11H,3,6,17H2,1-2H3. The molecule has 0 amide bonds. The first kappa shape index (κ1) is 15.5. The van der Waals surface area contributed by atoms with Gasteiger partial charge in [0.25, 0.3) is 0 Å². The highest BCUT2D eigenvalue weighted by atomic mass is 19.2. The first-order chi connectivity index (χ1) is 8.90. The maximum atomic E-state index is 13.2. The van der Waals surface area contributed by atoms with Crippen LogP contribution in [0, 0.1) is 17.5 Å². The molecule has 1 aromatic carbocycles. The highest BCUT2D eigenvalue weighted by molar-refractivity contribution is 5.70. The highest BCUT2D eigenvalue weighted by Gasteiger charge is 2.25. The summed E-state index contributed by atoms with van der Waals surface area (Å²) in [5.41, 5.74) is 5.99. The van der Waals surface area contributed by atoms with Crippen LogP contribution in [0.15, 0.2) is 12.1 Å². The van der Waals surface area contributed by atoms with E-state index >= 15 is 0 Å². The number of halogens is 3. The molecule has 2 atom stereocenters. The summed E-state index contributed by atoms with van der Waals surface area (Å²) in [5.74, 6) is -5.30. The molecular weight excluding hydrogens is 259 g/mol. The van der Waals surface area contributed by atoms with Gasteiger partial charge in [0.1, 0.15) is 0 Å². The third kappa shape index (κ3) is 3.70. The van der Waals surface area contributed by atoms with Gasteiger partial charge in [-0.1, -0.05) is 6.92 Å². The van der Waals surface area contributed by atoms with Crippen molar-refractivity contribution in [2.24, 2.45) is 5.73 Å². The first-order valence-corrected chi connectivity index (χ1v) is 5.87. The van der Waals surface area contributed by atoms with Gasteiger partial charge < -0.3 is 10.5 Å². The summed E-state index contributed by atoms with van der Waals surface area (Å²) in [5, 5.41) is 0. The van der Waals surface area contributed by atoms with Gasteiger partial charge >= 0.3 is 5.97 Å². The van der Waals surface area contributed by atoms with Crippen molar-refractivity contribution in [3.05, 3.63) is 35.1 Å². The summed E-state index contributed by atoms with van der Waals surface area (Å²) in [7, 11) is 1.21. The maximum Gasteiger partial charge on any atom is 0.306 e. The number of esters is 1. The Bertz CT molecular complexity index is 442. The second-order valence-electron chi connectivity index (χ2n) is 4.26. The lowest BCUT2D eigenvalue weighted by Gasteiger charge is -2.22. The molecule has 0 saturated carbocycles. The largest absolute Gasteiger partial charge is 0.469 e. The molecule has 0 spiro atoms. The highest BCUT2D eigenvalue weighted by Crippen LogP contribution is 2.27. The zero-order valence-corrected chi connectivity index (χ0v) is 10.8. The Morgan fingerprint density at radius 3 is 2.26 bits per heavy atom. The number of rotatable bonds is 5. The molecule has 0 heterocycles. The van der Waals surface area contributed by atoms with Crippen molar-refractivity contribution in [3.8, 4) is 0 Å². The van der Waals surface area contributed by atoms with Gasteiger partial charge in [0.2, 0.25) is 0 Å². The topological polar surface area (TPSA) is 52.3 Å². The quantitative estimate of drug-likeness (QED) is 0.663. The van der Waals surface area contributed by atoms with E-state index in [1.165, 1.54) is 7.11 Å². The Labute approximate surface area is 109 Å². The molecule has 106 valence electrons. The van der Waals surface area contributed by atoms with E-state index in [0.29, 0.717) is 6.42 Å². The molecule has 0 aliphatic carbocycles. The Morgan fingerprint density at radius 2 is 1.84 bits per heavy atom. The second kappa shape index (κ2) is 6.56. The minimum absolute atomic E-state index is 0.115. The Morgan fingerprint density at radius 1 is 1.32 bits per heavy atom. The van der Waals surface area contributed by atoms with Crippen molar-refractivity contribution >= 4 is 5.97 Å². The Hall–Kier alpha value is -1.56. The second-order valence-corrected chi connectivity index (χ2v) is 4.26. The fourth-order valence-electron chi connectivity index (χ4n) is 1.85. The molecule has 2 unspecified atom stereocenters. The molecule has 0 aliphatic rings. The fourth-order valence-corrected chi connectivity index (χ4v) is 1.85. The smallest absolute Gasteiger partial charge is 0.306 e. The molecule has 1 aromatic rings. The third-order valence-corrected chi connectivity index (χ3v) is 3.04. The molecule has 6 heteroatoms. The van der Waals surface area contributed by atoms with E-state index in [0.717, 1.165) is 12.1 Å². The van der Waals surface area contributed by atoms with Crippen LogP contribution in [-0.4, -0.2) is 19.1 Å². The summed E-state index contributed by atoms with van der Waals surface area (Å²) < 4.78 is 43.9. The molecule has 0 aliphatic heterocycles. The number of ether oxygens (including phenoxy) is 1. The van der Waals surface area contributed by atoms with Crippen molar-refractivity contribution < 1.29 is 22.7 Å². The zero-order valence-electron chi connectivity index (χ0n) is 10.8. The van der Waals surface area contributed by atoms with E-state index in [-0.39, 0.29) is 12.0 Å². The zero-order chi connectivity index (χ0) is 14.6. The SMILES string of the molecule is CCC(N)C(CC(=O)OC)c1cc(F)c(F)c(F)c1. The maximum absolute atomic E-state index is 13.2. The van der Waals surface area contributed by atoms with Crippen LogP contribution in [0.5, 0.6) is 0 Å². The van der Waals surface area contributed by atoms with E-state index in [1.54, 1.807) is 6.92 Å². The molecule has 1 rings (SSSR count). The van der Waals surface area contributed by atoms with E-state index in [4.69, 9.17) is 5.73 Å². The number of methoxy groups -OCH3 is 1. The van der Waals surface area contributed by atoms with Crippen LogP contribution in [0.25, 0.3) is 0 Å². The van der Waals surface area contributed by atoms with Crippen LogP contribution in [0.2, 0.25) is 0 Å². The van der Waals surface area contributed by atoms with Gasteiger partial charge in [-0.15, -0.1) is 0 Å². The van der Waals surface area contributed by atoms with Gasteiger partial charge in [-0.05, 0) is 24.1 Å². The molecular formula is C13H16F3NO2. The molecule has 0 aromatic heterocycles. The van der Waals surface area contributed by atoms with Crippen LogP contribution in [0.4, 0.5) is 13.2 Å². The van der Waals surface area contributed by atoms with Gasteiger partial charge in [0, 0.05) is 12.0 Å². The van der Waals surface area contributed by atoms with Crippen molar-refractivity contribution in [3.63, 3.8) is 0 Å². The molecule has 2 N–H and O–H groups in total. The number of benzene rings is 1. The monoisotopic (exact) mass is 275 g/mol. The molecule has 0 radical (unpaired) electrons. The van der Waals surface area contributed by atoms with Crippen LogP contribution >= 0.6 is 0 Å². The van der Waals surface area contributed by atoms with Crippen LogP contribution in [-0.2, 0) is 9.53 Å². The van der Waals surface area contributed by atoms with Gasteiger partial charge in [-0.2, -0.15) is 0 Å². The summed E-state index contributed by atoms with van der Waals surface area (Å²) in [6.45, 7) is 1.78.